The molecule has 3 aromatic rings. The second-order valence-electron chi connectivity index (χ2n) is 5.70. The van der Waals surface area contributed by atoms with Crippen LogP contribution in [0.2, 0.25) is 0 Å². The summed E-state index contributed by atoms with van der Waals surface area (Å²) in [5.74, 6) is 0. The van der Waals surface area contributed by atoms with E-state index in [1.165, 1.54) is 22.8 Å². The molecule has 0 saturated heterocycles. The zero-order valence-corrected chi connectivity index (χ0v) is 13.5. The summed E-state index contributed by atoms with van der Waals surface area (Å²) < 4.78 is 40.1. The molecule has 1 aromatic heterocycles. The molecule has 2 aromatic carbocycles. The molecule has 0 fully saturated rings. The minimum Gasteiger partial charge on any atom is -0.303 e. The third-order valence-electron chi connectivity index (χ3n) is 3.96. The summed E-state index contributed by atoms with van der Waals surface area (Å²) in [4.78, 5) is 12.6. The molecule has 0 saturated carbocycles. The molecule has 0 aliphatic rings. The highest BCUT2D eigenvalue weighted by Crippen LogP contribution is 2.30. The van der Waals surface area contributed by atoms with E-state index in [0.717, 1.165) is 17.7 Å². The van der Waals surface area contributed by atoms with Crippen LogP contribution in [0.3, 0.4) is 0 Å². The topological polar surface area (TPSA) is 45.8 Å². The Balaban J connectivity index is 2.13. The minimum atomic E-state index is -4.46. The number of benzene rings is 2. The van der Waals surface area contributed by atoms with Crippen molar-refractivity contribution >= 4 is 0 Å². The van der Waals surface area contributed by atoms with Gasteiger partial charge < -0.3 is 4.57 Å². The molecule has 0 bridgehead atoms. The number of hydrogen-bond acceptors (Lipinski definition) is 2. The second-order valence-corrected chi connectivity index (χ2v) is 5.70. The molecule has 6 heteroatoms. The van der Waals surface area contributed by atoms with Gasteiger partial charge in [0.25, 0.3) is 5.56 Å². The first-order valence-corrected chi connectivity index (χ1v) is 7.75. The van der Waals surface area contributed by atoms with Crippen LogP contribution in [-0.4, -0.2) is 4.57 Å². The van der Waals surface area contributed by atoms with Gasteiger partial charge in [0.2, 0.25) is 0 Å². The van der Waals surface area contributed by atoms with Gasteiger partial charge in [0.1, 0.15) is 11.6 Å². The van der Waals surface area contributed by atoms with Gasteiger partial charge in [-0.1, -0.05) is 42.5 Å². The zero-order chi connectivity index (χ0) is 18.7. The maximum absolute atomic E-state index is 12.9. The lowest BCUT2D eigenvalue weighted by atomic mass is 10.1. The molecule has 1 heterocycles. The molecule has 0 spiro atoms. The van der Waals surface area contributed by atoms with E-state index >= 15 is 0 Å². The van der Waals surface area contributed by atoms with Gasteiger partial charge in [0, 0.05) is 0 Å². The van der Waals surface area contributed by atoms with Crippen molar-refractivity contribution in [2.75, 3.05) is 0 Å². The highest BCUT2D eigenvalue weighted by atomic mass is 19.4. The van der Waals surface area contributed by atoms with Gasteiger partial charge >= 0.3 is 6.18 Å². The van der Waals surface area contributed by atoms with E-state index in [-0.39, 0.29) is 12.1 Å². The Morgan fingerprint density at radius 1 is 0.962 bits per heavy atom. The lowest BCUT2D eigenvalue weighted by molar-refractivity contribution is -0.137. The molecular formula is C20H13F3N2O. The average Bonchev–Trinajstić information content (AvgIpc) is 2.63. The zero-order valence-electron chi connectivity index (χ0n) is 13.5. The van der Waals surface area contributed by atoms with Crippen molar-refractivity contribution in [3.63, 3.8) is 0 Å². The maximum Gasteiger partial charge on any atom is 0.416 e. The lowest BCUT2D eigenvalue weighted by Gasteiger charge is -2.15. The molecule has 130 valence electrons. The number of alkyl halides is 3. The summed E-state index contributed by atoms with van der Waals surface area (Å²) in [5.41, 5.74) is 0.228. The van der Waals surface area contributed by atoms with E-state index in [1.54, 1.807) is 30.3 Å². The molecular weight excluding hydrogens is 341 g/mol. The van der Waals surface area contributed by atoms with Gasteiger partial charge in [-0.2, -0.15) is 18.4 Å². The van der Waals surface area contributed by atoms with Crippen LogP contribution >= 0.6 is 0 Å². The third-order valence-corrected chi connectivity index (χ3v) is 3.96. The Kier molecular flexibility index (Phi) is 4.63. The first-order chi connectivity index (χ1) is 12.4. The van der Waals surface area contributed by atoms with Crippen molar-refractivity contribution in [3.8, 4) is 17.3 Å². The maximum atomic E-state index is 12.9. The van der Waals surface area contributed by atoms with Crippen LogP contribution in [0, 0.1) is 11.3 Å². The predicted molar refractivity (Wildman–Crippen MR) is 91.4 cm³/mol. The molecule has 0 radical (unpaired) electrons. The van der Waals surface area contributed by atoms with Crippen molar-refractivity contribution in [2.24, 2.45) is 0 Å². The quantitative estimate of drug-likeness (QED) is 0.697. The summed E-state index contributed by atoms with van der Waals surface area (Å²) >= 11 is 0. The molecule has 0 atom stereocenters. The molecule has 0 aliphatic heterocycles. The van der Waals surface area contributed by atoms with Gasteiger partial charge in [-0.3, -0.25) is 4.79 Å². The van der Waals surface area contributed by atoms with Crippen molar-refractivity contribution < 1.29 is 13.2 Å². The van der Waals surface area contributed by atoms with Crippen molar-refractivity contribution in [1.29, 1.82) is 5.26 Å². The van der Waals surface area contributed by atoms with Crippen molar-refractivity contribution in [1.82, 2.24) is 4.57 Å². The fourth-order valence-corrected chi connectivity index (χ4v) is 2.71. The summed E-state index contributed by atoms with van der Waals surface area (Å²) in [7, 11) is 0. The fourth-order valence-electron chi connectivity index (χ4n) is 2.71. The predicted octanol–water partition coefficient (Wildman–Crippen LogP) is 4.45. The van der Waals surface area contributed by atoms with E-state index < -0.39 is 17.3 Å². The van der Waals surface area contributed by atoms with Gasteiger partial charge in [0.05, 0.1) is 17.8 Å². The number of rotatable bonds is 3. The number of hydrogen-bond donors (Lipinski definition) is 0. The molecule has 3 rings (SSSR count). The number of nitriles is 1. The smallest absolute Gasteiger partial charge is 0.303 e. The van der Waals surface area contributed by atoms with Gasteiger partial charge in [-0.15, -0.1) is 0 Å². The molecule has 0 unspecified atom stereocenters. The first-order valence-electron chi connectivity index (χ1n) is 7.75. The average molecular weight is 354 g/mol. The molecule has 0 aliphatic carbocycles. The highest BCUT2D eigenvalue weighted by molar-refractivity contribution is 5.60. The van der Waals surface area contributed by atoms with Crippen LogP contribution in [0.15, 0.2) is 71.5 Å². The number of aromatic nitrogens is 1. The normalized spacial score (nSPS) is 11.2. The second kappa shape index (κ2) is 6.89. The van der Waals surface area contributed by atoms with Gasteiger partial charge in [-0.25, -0.2) is 0 Å². The van der Waals surface area contributed by atoms with E-state index in [2.05, 4.69) is 0 Å². The van der Waals surface area contributed by atoms with Crippen LogP contribution in [0.25, 0.3) is 11.3 Å². The Morgan fingerprint density at radius 2 is 1.69 bits per heavy atom. The fraction of sp³-hybridized carbons (Fsp3) is 0.100. The summed E-state index contributed by atoms with van der Waals surface area (Å²) in [6.45, 7) is -0.0670. The minimum absolute atomic E-state index is 0.0587. The standard InChI is InChI=1S/C20H13F3N2O/c21-20(22,23)17-8-4-5-14(11-17)13-25-18(15-6-2-1-3-7-15)10-9-16(12-24)19(25)26/h1-11H,13H2. The number of halogens is 3. The SMILES string of the molecule is N#Cc1ccc(-c2ccccc2)n(Cc2cccc(C(F)(F)F)c2)c1=O. The Hall–Kier alpha value is -3.33. The van der Waals surface area contributed by atoms with E-state index in [1.807, 2.05) is 12.1 Å². The van der Waals surface area contributed by atoms with E-state index in [4.69, 9.17) is 5.26 Å². The summed E-state index contributed by atoms with van der Waals surface area (Å²) in [6.07, 6.45) is -4.46. The van der Waals surface area contributed by atoms with E-state index in [9.17, 15) is 18.0 Å². The van der Waals surface area contributed by atoms with Crippen molar-refractivity contribution in [3.05, 3.63) is 93.8 Å². The van der Waals surface area contributed by atoms with E-state index in [0.29, 0.717) is 11.3 Å². The third kappa shape index (κ3) is 3.52. The number of nitrogens with zero attached hydrogens (tertiary/aromatic N) is 2. The Labute approximate surface area is 147 Å². The Bertz CT molecular complexity index is 1030. The van der Waals surface area contributed by atoms with Crippen LogP contribution in [0.4, 0.5) is 13.2 Å². The molecule has 0 N–H and O–H groups in total. The highest BCUT2D eigenvalue weighted by Gasteiger charge is 2.30. The van der Waals surface area contributed by atoms with Crippen LogP contribution in [0.5, 0.6) is 0 Å². The largest absolute Gasteiger partial charge is 0.416 e. The van der Waals surface area contributed by atoms with Crippen LogP contribution in [-0.2, 0) is 12.7 Å². The first kappa shape index (κ1) is 17.5. The molecule has 3 nitrogen and oxygen atoms in total. The Morgan fingerprint density at radius 3 is 2.35 bits per heavy atom. The summed E-state index contributed by atoms with van der Waals surface area (Å²) in [6, 6.07) is 18.7. The lowest BCUT2D eigenvalue weighted by Crippen LogP contribution is -2.24. The van der Waals surface area contributed by atoms with Crippen molar-refractivity contribution in [2.45, 2.75) is 12.7 Å². The molecule has 0 amide bonds. The van der Waals surface area contributed by atoms with Gasteiger partial charge in [-0.05, 0) is 35.4 Å². The molecule has 26 heavy (non-hydrogen) atoms. The summed E-state index contributed by atoms with van der Waals surface area (Å²) in [5, 5.41) is 9.11. The number of pyridine rings is 1. The van der Waals surface area contributed by atoms with Crippen LogP contribution in [0.1, 0.15) is 16.7 Å². The monoisotopic (exact) mass is 354 g/mol. The van der Waals surface area contributed by atoms with Gasteiger partial charge in [0.15, 0.2) is 0 Å². The van der Waals surface area contributed by atoms with Crippen LogP contribution < -0.4 is 5.56 Å².